The fourth-order valence-electron chi connectivity index (χ4n) is 8.94. The quantitative estimate of drug-likeness (QED) is 0.161. The molecule has 0 amide bonds. The molecule has 62 heavy (non-hydrogen) atoms. The summed E-state index contributed by atoms with van der Waals surface area (Å²) < 4.78 is 4.97. The molecule has 0 bridgehead atoms. The first-order chi connectivity index (χ1) is 30.7. The number of hydrogen-bond acceptors (Lipinski definition) is 4. The number of aromatic nitrogens is 4. The lowest BCUT2D eigenvalue weighted by molar-refractivity contribution is 1.06. The molecule has 290 valence electrons. The van der Waals surface area contributed by atoms with E-state index in [2.05, 4.69) is 205 Å². The summed E-state index contributed by atoms with van der Waals surface area (Å²) in [4.78, 5) is 15.9. The van der Waals surface area contributed by atoms with Crippen LogP contribution in [-0.4, -0.2) is 19.5 Å². The third-order valence-corrected chi connectivity index (χ3v) is 13.0. The number of benzene rings is 9. The molecule has 3 heterocycles. The van der Waals surface area contributed by atoms with E-state index < -0.39 is 0 Å². The Kier molecular flexibility index (Phi) is 8.65. The lowest BCUT2D eigenvalue weighted by Crippen LogP contribution is -2.04. The average Bonchev–Trinajstić information content (AvgIpc) is 3.90. The number of rotatable bonds is 7. The van der Waals surface area contributed by atoms with Gasteiger partial charge in [-0.15, -0.1) is 11.3 Å². The molecule has 0 fully saturated rings. The van der Waals surface area contributed by atoms with Crippen LogP contribution in [0, 0.1) is 0 Å². The summed E-state index contributed by atoms with van der Waals surface area (Å²) in [5.74, 6) is 1.84. The molecule has 0 N–H and O–H groups in total. The Balaban J connectivity index is 1.08. The zero-order valence-electron chi connectivity index (χ0n) is 33.5. The fourth-order valence-corrected chi connectivity index (χ4v) is 10.1. The molecule has 0 aliphatic carbocycles. The molecule has 12 aromatic rings. The predicted molar refractivity (Wildman–Crippen MR) is 260 cm³/mol. The van der Waals surface area contributed by atoms with Gasteiger partial charge in [-0.05, 0) is 75.8 Å². The van der Waals surface area contributed by atoms with Crippen molar-refractivity contribution in [2.24, 2.45) is 0 Å². The highest BCUT2D eigenvalue weighted by atomic mass is 32.1. The van der Waals surface area contributed by atoms with E-state index in [0.29, 0.717) is 17.5 Å². The van der Waals surface area contributed by atoms with E-state index in [1.807, 2.05) is 29.5 Å². The second kappa shape index (κ2) is 14.9. The van der Waals surface area contributed by atoms with E-state index in [1.54, 1.807) is 0 Å². The Morgan fingerprint density at radius 1 is 0.306 bits per heavy atom. The highest BCUT2D eigenvalue weighted by molar-refractivity contribution is 7.25. The first-order valence-electron chi connectivity index (χ1n) is 20.8. The monoisotopic (exact) mass is 808 g/mol. The summed E-state index contributed by atoms with van der Waals surface area (Å²) in [5.41, 5.74) is 12.8. The Bertz CT molecular complexity index is 3630. The third kappa shape index (κ3) is 6.18. The van der Waals surface area contributed by atoms with Crippen molar-refractivity contribution in [3.05, 3.63) is 218 Å². The smallest absolute Gasteiger partial charge is 0.166 e. The van der Waals surface area contributed by atoms with E-state index in [9.17, 15) is 0 Å². The Labute approximate surface area is 362 Å². The van der Waals surface area contributed by atoms with Gasteiger partial charge in [0.2, 0.25) is 0 Å². The van der Waals surface area contributed by atoms with Crippen molar-refractivity contribution >= 4 is 53.3 Å². The molecular weight excluding hydrogens is 773 g/mol. The maximum atomic E-state index is 5.38. The van der Waals surface area contributed by atoms with Gasteiger partial charge < -0.3 is 4.57 Å². The minimum Gasteiger partial charge on any atom is -0.308 e. The average molecular weight is 809 g/mol. The molecule has 0 saturated carbocycles. The Hall–Kier alpha value is -7.99. The molecule has 0 unspecified atom stereocenters. The van der Waals surface area contributed by atoms with Crippen LogP contribution >= 0.6 is 11.3 Å². The normalized spacial score (nSPS) is 11.5. The van der Waals surface area contributed by atoms with Crippen LogP contribution in [0.4, 0.5) is 0 Å². The van der Waals surface area contributed by atoms with Gasteiger partial charge in [0.05, 0.1) is 16.7 Å². The van der Waals surface area contributed by atoms with Crippen LogP contribution in [0.3, 0.4) is 0 Å². The molecule has 0 radical (unpaired) electrons. The van der Waals surface area contributed by atoms with Crippen LogP contribution in [0.1, 0.15) is 0 Å². The molecule has 0 saturated heterocycles. The van der Waals surface area contributed by atoms with Gasteiger partial charge >= 0.3 is 0 Å². The second-order valence-electron chi connectivity index (χ2n) is 15.6. The highest BCUT2D eigenvalue weighted by Crippen LogP contribution is 2.42. The van der Waals surface area contributed by atoms with Crippen LogP contribution in [0.5, 0.6) is 0 Å². The van der Waals surface area contributed by atoms with Crippen molar-refractivity contribution in [3.63, 3.8) is 0 Å². The van der Waals surface area contributed by atoms with Crippen molar-refractivity contribution in [3.8, 4) is 73.2 Å². The van der Waals surface area contributed by atoms with Crippen molar-refractivity contribution in [1.29, 1.82) is 0 Å². The minimum atomic E-state index is 0.603. The maximum absolute atomic E-state index is 5.38. The molecule has 0 atom stereocenters. The van der Waals surface area contributed by atoms with E-state index in [-0.39, 0.29) is 0 Å². The molecule has 0 spiro atoms. The van der Waals surface area contributed by atoms with Gasteiger partial charge in [-0.25, -0.2) is 15.0 Å². The molecule has 9 aromatic carbocycles. The zero-order valence-corrected chi connectivity index (χ0v) is 34.3. The summed E-state index contributed by atoms with van der Waals surface area (Å²) in [5, 5.41) is 4.98. The van der Waals surface area contributed by atoms with Crippen molar-refractivity contribution in [1.82, 2.24) is 19.5 Å². The van der Waals surface area contributed by atoms with Crippen molar-refractivity contribution < 1.29 is 0 Å². The van der Waals surface area contributed by atoms with Crippen molar-refractivity contribution in [2.75, 3.05) is 0 Å². The topological polar surface area (TPSA) is 43.6 Å². The van der Waals surface area contributed by atoms with Gasteiger partial charge in [0, 0.05) is 47.6 Å². The highest BCUT2D eigenvalue weighted by Gasteiger charge is 2.22. The number of fused-ring (bicyclic) bond motifs is 6. The van der Waals surface area contributed by atoms with E-state index >= 15 is 0 Å². The van der Waals surface area contributed by atoms with Crippen molar-refractivity contribution in [2.45, 2.75) is 0 Å². The number of hydrogen-bond donors (Lipinski definition) is 0. The van der Waals surface area contributed by atoms with E-state index in [1.165, 1.54) is 42.1 Å². The van der Waals surface area contributed by atoms with E-state index in [0.717, 1.165) is 55.7 Å². The minimum absolute atomic E-state index is 0.603. The maximum Gasteiger partial charge on any atom is 0.166 e. The Morgan fingerprint density at radius 3 is 1.66 bits per heavy atom. The van der Waals surface area contributed by atoms with Gasteiger partial charge in [0.1, 0.15) is 0 Å². The molecule has 4 nitrogen and oxygen atoms in total. The summed E-state index contributed by atoms with van der Waals surface area (Å²) in [6.07, 6.45) is 0. The zero-order chi connectivity index (χ0) is 41.0. The molecule has 3 aromatic heterocycles. The first-order valence-corrected chi connectivity index (χ1v) is 21.7. The lowest BCUT2D eigenvalue weighted by Gasteiger charge is -2.17. The van der Waals surface area contributed by atoms with Crippen LogP contribution in [0.2, 0.25) is 0 Å². The van der Waals surface area contributed by atoms with Gasteiger partial charge in [0.15, 0.2) is 17.5 Å². The largest absolute Gasteiger partial charge is 0.308 e. The molecule has 12 rings (SSSR count). The second-order valence-corrected chi connectivity index (χ2v) is 16.7. The van der Waals surface area contributed by atoms with Crippen LogP contribution < -0.4 is 0 Å². The van der Waals surface area contributed by atoms with Gasteiger partial charge in [-0.3, -0.25) is 0 Å². The standard InChI is InChI=1S/C57H36N4S/c1-4-16-37(17-5-1)41-31-33-48(51(35-41)61-49-27-12-10-25-47(49)54-44(26-15-28-50(54)61)38-18-6-2-7-19-38)57-59-55(39-20-8-3-9-21-39)58-56(60-57)43-23-14-22-40(34-43)42-30-32-46-45-24-11-13-29-52(45)62-53(46)36-42/h1-36H. The van der Waals surface area contributed by atoms with Gasteiger partial charge in [-0.2, -0.15) is 0 Å². The fraction of sp³-hybridized carbons (Fsp3) is 0. The number of para-hydroxylation sites is 1. The summed E-state index contributed by atoms with van der Waals surface area (Å²) >= 11 is 1.84. The van der Waals surface area contributed by atoms with E-state index in [4.69, 9.17) is 15.0 Å². The number of nitrogens with zero attached hydrogens (tertiary/aromatic N) is 4. The SMILES string of the molecule is c1ccc(-c2ccc(-c3nc(-c4ccccc4)nc(-c4cccc(-c5ccc6c(c5)sc5ccccc56)c4)n3)c(-n3c4ccccc4c4c(-c5ccccc5)cccc43)c2)cc1. The van der Waals surface area contributed by atoms with Crippen LogP contribution in [-0.2, 0) is 0 Å². The lowest BCUT2D eigenvalue weighted by atomic mass is 9.99. The summed E-state index contributed by atoms with van der Waals surface area (Å²) in [6.45, 7) is 0. The molecule has 0 aliphatic rings. The van der Waals surface area contributed by atoms with Crippen LogP contribution in [0.15, 0.2) is 218 Å². The van der Waals surface area contributed by atoms with Gasteiger partial charge in [0.25, 0.3) is 0 Å². The summed E-state index contributed by atoms with van der Waals surface area (Å²) in [6, 6.07) is 77.5. The Morgan fingerprint density at radius 2 is 0.855 bits per heavy atom. The van der Waals surface area contributed by atoms with Gasteiger partial charge in [-0.1, -0.05) is 176 Å². The van der Waals surface area contributed by atoms with Crippen LogP contribution in [0.25, 0.3) is 115 Å². The molecule has 5 heteroatoms. The molecule has 0 aliphatic heterocycles. The third-order valence-electron chi connectivity index (χ3n) is 11.9. The summed E-state index contributed by atoms with van der Waals surface area (Å²) in [7, 11) is 0. The molecular formula is C57H36N4S. The number of thiophene rings is 1. The first kappa shape index (κ1) is 35.9. The predicted octanol–water partition coefficient (Wildman–Crippen LogP) is 15.3.